The molecule has 74 valence electrons. The number of H-pyrrole nitrogens is 1. The van der Waals surface area contributed by atoms with Crippen LogP contribution in [0.25, 0.3) is 10.9 Å². The van der Waals surface area contributed by atoms with Gasteiger partial charge in [0.05, 0.1) is 4.90 Å². The number of hydrogen-bond donors (Lipinski definition) is 2. The Labute approximate surface area is 81.8 Å². The molecule has 0 spiro atoms. The van der Waals surface area contributed by atoms with Gasteiger partial charge in [-0.2, -0.15) is 0 Å². The van der Waals surface area contributed by atoms with Crippen molar-refractivity contribution < 1.29 is 8.42 Å². The zero-order chi connectivity index (χ0) is 10.3. The van der Waals surface area contributed by atoms with Crippen molar-refractivity contribution in [2.75, 3.05) is 0 Å². The van der Waals surface area contributed by atoms with Crippen LogP contribution in [0.3, 0.4) is 0 Å². The van der Waals surface area contributed by atoms with E-state index < -0.39 is 10.0 Å². The topological polar surface area (TPSA) is 76.0 Å². The number of sulfonamides is 1. The molecule has 0 unspecified atom stereocenters. The third-order valence-electron chi connectivity index (χ3n) is 2.19. The van der Waals surface area contributed by atoms with Crippen LogP contribution >= 0.6 is 0 Å². The van der Waals surface area contributed by atoms with E-state index in [4.69, 9.17) is 5.14 Å². The Morgan fingerprint density at radius 1 is 1.36 bits per heavy atom. The first-order chi connectivity index (χ1) is 6.48. The Balaban J connectivity index is 2.79. The van der Waals surface area contributed by atoms with E-state index >= 15 is 0 Å². The lowest BCUT2D eigenvalue weighted by Gasteiger charge is -1.98. The molecule has 0 atom stereocenters. The van der Waals surface area contributed by atoms with Crippen molar-refractivity contribution >= 4 is 20.9 Å². The number of nitrogens with two attached hydrogens (primary N) is 1. The molecule has 0 aliphatic carbocycles. The number of primary sulfonamides is 1. The first-order valence-corrected chi connectivity index (χ1v) is 5.63. The monoisotopic (exact) mass is 210 g/mol. The average molecular weight is 210 g/mol. The molecule has 14 heavy (non-hydrogen) atoms. The lowest BCUT2D eigenvalue weighted by Crippen LogP contribution is -2.11. The first-order valence-electron chi connectivity index (χ1n) is 4.09. The fraction of sp³-hybridized carbons (Fsp3) is 0.111. The van der Waals surface area contributed by atoms with E-state index in [-0.39, 0.29) is 4.90 Å². The summed E-state index contributed by atoms with van der Waals surface area (Å²) in [6.45, 7) is 1.91. The molecular weight excluding hydrogens is 200 g/mol. The molecule has 0 saturated carbocycles. The Morgan fingerprint density at radius 3 is 2.71 bits per heavy atom. The van der Waals surface area contributed by atoms with Crippen molar-refractivity contribution in [3.63, 3.8) is 0 Å². The van der Waals surface area contributed by atoms with Gasteiger partial charge in [0.15, 0.2) is 0 Å². The van der Waals surface area contributed by atoms with Gasteiger partial charge in [-0.1, -0.05) is 0 Å². The summed E-state index contributed by atoms with van der Waals surface area (Å²) in [5.41, 5.74) is 1.92. The summed E-state index contributed by atoms with van der Waals surface area (Å²) in [4.78, 5) is 3.18. The van der Waals surface area contributed by atoms with Gasteiger partial charge >= 0.3 is 0 Å². The minimum atomic E-state index is -3.60. The summed E-state index contributed by atoms with van der Waals surface area (Å²) < 4.78 is 22.2. The van der Waals surface area contributed by atoms with Crippen LogP contribution in [-0.4, -0.2) is 13.4 Å². The molecular formula is C9H10N2O2S. The maximum Gasteiger partial charge on any atom is 0.238 e. The van der Waals surface area contributed by atoms with Crippen molar-refractivity contribution in [1.82, 2.24) is 4.98 Å². The predicted molar refractivity (Wildman–Crippen MR) is 54.4 cm³/mol. The smallest absolute Gasteiger partial charge is 0.238 e. The maximum atomic E-state index is 11.1. The summed E-state index contributed by atoms with van der Waals surface area (Å²) in [6.07, 6.45) is 1.83. The average Bonchev–Trinajstić information content (AvgIpc) is 2.46. The second kappa shape index (κ2) is 2.83. The van der Waals surface area contributed by atoms with Crippen molar-refractivity contribution in [2.45, 2.75) is 11.8 Å². The summed E-state index contributed by atoms with van der Waals surface area (Å²) >= 11 is 0. The highest BCUT2D eigenvalue weighted by atomic mass is 32.2. The minimum Gasteiger partial charge on any atom is -0.361 e. The van der Waals surface area contributed by atoms with Crippen LogP contribution < -0.4 is 5.14 Å². The van der Waals surface area contributed by atoms with Gasteiger partial charge in [0.25, 0.3) is 0 Å². The van der Waals surface area contributed by atoms with E-state index in [0.717, 1.165) is 16.5 Å². The number of nitrogens with one attached hydrogen (secondary N) is 1. The SMILES string of the molecule is Cc1c[nH]c2ccc(S(N)(=O)=O)cc12. The Kier molecular flexibility index (Phi) is 1.87. The molecule has 0 amide bonds. The fourth-order valence-electron chi connectivity index (χ4n) is 1.42. The van der Waals surface area contributed by atoms with Crippen molar-refractivity contribution in [3.05, 3.63) is 30.0 Å². The van der Waals surface area contributed by atoms with E-state index in [1.54, 1.807) is 12.1 Å². The summed E-state index contributed by atoms with van der Waals surface area (Å²) in [7, 11) is -3.60. The molecule has 0 aliphatic rings. The molecule has 0 radical (unpaired) electrons. The van der Waals surface area contributed by atoms with Crippen molar-refractivity contribution in [1.29, 1.82) is 0 Å². The zero-order valence-electron chi connectivity index (χ0n) is 7.61. The van der Waals surface area contributed by atoms with Gasteiger partial charge in [-0.25, -0.2) is 13.6 Å². The fourth-order valence-corrected chi connectivity index (χ4v) is 1.96. The highest BCUT2D eigenvalue weighted by molar-refractivity contribution is 7.89. The van der Waals surface area contributed by atoms with Crippen molar-refractivity contribution in [3.8, 4) is 0 Å². The molecule has 1 heterocycles. The van der Waals surface area contributed by atoms with Gasteiger partial charge in [-0.3, -0.25) is 0 Å². The molecule has 0 fully saturated rings. The van der Waals surface area contributed by atoms with Gasteiger partial charge in [0, 0.05) is 17.1 Å². The van der Waals surface area contributed by atoms with Crippen LogP contribution in [0.1, 0.15) is 5.56 Å². The van der Waals surface area contributed by atoms with Crippen LogP contribution in [0, 0.1) is 6.92 Å². The molecule has 2 aromatic rings. The molecule has 5 heteroatoms. The molecule has 0 aliphatic heterocycles. The Hall–Kier alpha value is -1.33. The standard InChI is InChI=1S/C9H10N2O2S/c1-6-5-11-9-3-2-7(4-8(6)9)14(10,12)13/h2-5,11H,1H3,(H2,10,12,13). The Bertz CT molecular complexity index is 584. The quantitative estimate of drug-likeness (QED) is 0.740. The van der Waals surface area contributed by atoms with E-state index in [0.29, 0.717) is 0 Å². The molecule has 1 aromatic carbocycles. The van der Waals surface area contributed by atoms with Gasteiger partial charge in [0.2, 0.25) is 10.0 Å². The number of aromatic amines is 1. The second-order valence-electron chi connectivity index (χ2n) is 3.22. The van der Waals surface area contributed by atoms with E-state index in [1.807, 2.05) is 13.1 Å². The molecule has 4 nitrogen and oxygen atoms in total. The molecule has 0 saturated heterocycles. The third kappa shape index (κ3) is 1.40. The summed E-state index contributed by atoms with van der Waals surface area (Å²) in [5, 5.41) is 5.91. The molecule has 3 N–H and O–H groups in total. The largest absolute Gasteiger partial charge is 0.361 e. The lowest BCUT2D eigenvalue weighted by molar-refractivity contribution is 0.598. The molecule has 2 rings (SSSR count). The predicted octanol–water partition coefficient (Wildman–Crippen LogP) is 1.12. The van der Waals surface area contributed by atoms with Crippen molar-refractivity contribution in [2.24, 2.45) is 5.14 Å². The zero-order valence-corrected chi connectivity index (χ0v) is 8.43. The number of fused-ring (bicyclic) bond motifs is 1. The number of aromatic nitrogens is 1. The minimum absolute atomic E-state index is 0.146. The maximum absolute atomic E-state index is 11.1. The first kappa shape index (κ1) is 9.23. The van der Waals surface area contributed by atoms with Gasteiger partial charge in [-0.15, -0.1) is 0 Å². The number of rotatable bonds is 1. The van der Waals surface area contributed by atoms with Gasteiger partial charge in [-0.05, 0) is 30.7 Å². The second-order valence-corrected chi connectivity index (χ2v) is 4.79. The van der Waals surface area contributed by atoms with Gasteiger partial charge in [0.1, 0.15) is 0 Å². The number of aryl methyl sites for hydroxylation is 1. The van der Waals surface area contributed by atoms with Gasteiger partial charge < -0.3 is 4.98 Å². The van der Waals surface area contributed by atoms with Crippen LogP contribution in [0.2, 0.25) is 0 Å². The molecule has 1 aromatic heterocycles. The van der Waals surface area contributed by atoms with E-state index in [9.17, 15) is 8.42 Å². The van der Waals surface area contributed by atoms with E-state index in [2.05, 4.69) is 4.98 Å². The third-order valence-corrected chi connectivity index (χ3v) is 3.10. The summed E-state index contributed by atoms with van der Waals surface area (Å²) in [6, 6.07) is 4.78. The summed E-state index contributed by atoms with van der Waals surface area (Å²) in [5.74, 6) is 0. The normalized spacial score (nSPS) is 12.1. The van der Waals surface area contributed by atoms with Crippen LogP contribution in [0.5, 0.6) is 0 Å². The number of hydrogen-bond acceptors (Lipinski definition) is 2. The van der Waals surface area contributed by atoms with Crippen LogP contribution in [0.4, 0.5) is 0 Å². The Morgan fingerprint density at radius 2 is 2.07 bits per heavy atom. The highest BCUT2D eigenvalue weighted by Crippen LogP contribution is 2.20. The van der Waals surface area contributed by atoms with E-state index in [1.165, 1.54) is 6.07 Å². The molecule has 0 bridgehead atoms. The number of benzene rings is 1. The highest BCUT2D eigenvalue weighted by Gasteiger charge is 2.09. The lowest BCUT2D eigenvalue weighted by atomic mass is 10.2. The van der Waals surface area contributed by atoms with Crippen LogP contribution in [-0.2, 0) is 10.0 Å². The van der Waals surface area contributed by atoms with Crippen LogP contribution in [0.15, 0.2) is 29.3 Å².